The zero-order valence-corrected chi connectivity index (χ0v) is 10.4. The van der Waals surface area contributed by atoms with Crippen molar-refractivity contribution in [3.05, 3.63) is 0 Å². The maximum absolute atomic E-state index is 12.4. The molecule has 1 amide bonds. The van der Waals surface area contributed by atoms with Gasteiger partial charge in [-0.1, -0.05) is 13.3 Å². The monoisotopic (exact) mass is 239 g/mol. The molecular formula is C13H21NO3. The Hall–Kier alpha value is -1.06. The number of carbonyl (C=O) groups excluding carboxylic acids is 1. The molecule has 0 aromatic rings. The summed E-state index contributed by atoms with van der Waals surface area (Å²) in [4.78, 5) is 25.2. The Morgan fingerprint density at radius 1 is 1.12 bits per heavy atom. The summed E-state index contributed by atoms with van der Waals surface area (Å²) in [6, 6.07) is -0.580. The molecule has 1 N–H and O–H groups in total. The SMILES string of the molecule is CC1CCCC1C(=O)N1CCCCC1C(=O)O. The van der Waals surface area contributed by atoms with Crippen LogP contribution in [-0.2, 0) is 9.59 Å². The number of carboxylic acids is 1. The Labute approximate surface area is 102 Å². The first-order valence-electron chi connectivity index (χ1n) is 6.64. The van der Waals surface area contributed by atoms with Crippen molar-refractivity contribution < 1.29 is 14.7 Å². The van der Waals surface area contributed by atoms with Gasteiger partial charge in [0.05, 0.1) is 0 Å². The van der Waals surface area contributed by atoms with Crippen molar-refractivity contribution in [2.45, 2.75) is 51.5 Å². The molecule has 2 aliphatic rings. The van der Waals surface area contributed by atoms with Crippen LogP contribution in [0.2, 0.25) is 0 Å². The summed E-state index contributed by atoms with van der Waals surface area (Å²) < 4.78 is 0. The van der Waals surface area contributed by atoms with Gasteiger partial charge in [-0.3, -0.25) is 4.79 Å². The molecule has 3 atom stereocenters. The second-order valence-corrected chi connectivity index (χ2v) is 5.40. The van der Waals surface area contributed by atoms with Gasteiger partial charge in [-0.2, -0.15) is 0 Å². The molecule has 1 saturated carbocycles. The van der Waals surface area contributed by atoms with Crippen LogP contribution in [0.3, 0.4) is 0 Å². The number of likely N-dealkylation sites (tertiary alicyclic amines) is 1. The second-order valence-electron chi connectivity index (χ2n) is 5.40. The van der Waals surface area contributed by atoms with E-state index in [-0.39, 0.29) is 11.8 Å². The lowest BCUT2D eigenvalue weighted by Gasteiger charge is -2.35. The summed E-state index contributed by atoms with van der Waals surface area (Å²) in [6.07, 6.45) is 5.60. The quantitative estimate of drug-likeness (QED) is 0.800. The lowest BCUT2D eigenvalue weighted by Crippen LogP contribution is -2.50. The summed E-state index contributed by atoms with van der Waals surface area (Å²) in [5.41, 5.74) is 0. The molecule has 1 aliphatic carbocycles. The van der Waals surface area contributed by atoms with Crippen LogP contribution in [0.5, 0.6) is 0 Å². The molecule has 17 heavy (non-hydrogen) atoms. The molecular weight excluding hydrogens is 218 g/mol. The fourth-order valence-corrected chi connectivity index (χ4v) is 3.18. The van der Waals surface area contributed by atoms with E-state index in [0.717, 1.165) is 32.1 Å². The van der Waals surface area contributed by atoms with E-state index in [1.165, 1.54) is 0 Å². The molecule has 1 aliphatic heterocycles. The molecule has 1 saturated heterocycles. The van der Waals surface area contributed by atoms with Crippen molar-refractivity contribution in [3.8, 4) is 0 Å². The highest BCUT2D eigenvalue weighted by Gasteiger charge is 2.38. The first kappa shape index (κ1) is 12.4. The molecule has 96 valence electrons. The molecule has 0 radical (unpaired) electrons. The molecule has 2 rings (SSSR count). The van der Waals surface area contributed by atoms with Crippen LogP contribution in [0.25, 0.3) is 0 Å². The minimum absolute atomic E-state index is 0.0648. The lowest BCUT2D eigenvalue weighted by atomic mass is 9.93. The molecule has 0 bridgehead atoms. The maximum Gasteiger partial charge on any atom is 0.326 e. The molecule has 4 heteroatoms. The van der Waals surface area contributed by atoms with E-state index in [4.69, 9.17) is 0 Å². The summed E-state index contributed by atoms with van der Waals surface area (Å²) in [5.74, 6) is -0.278. The first-order valence-corrected chi connectivity index (χ1v) is 6.64. The average Bonchev–Trinajstić information content (AvgIpc) is 2.74. The van der Waals surface area contributed by atoms with Gasteiger partial charge in [0.25, 0.3) is 0 Å². The molecule has 1 heterocycles. The van der Waals surface area contributed by atoms with Crippen LogP contribution < -0.4 is 0 Å². The third-order valence-corrected chi connectivity index (χ3v) is 4.25. The smallest absolute Gasteiger partial charge is 0.326 e. The second kappa shape index (κ2) is 5.07. The van der Waals surface area contributed by atoms with E-state index in [1.807, 2.05) is 0 Å². The predicted octanol–water partition coefficient (Wildman–Crippen LogP) is 1.89. The third-order valence-electron chi connectivity index (χ3n) is 4.25. The normalized spacial score (nSPS) is 33.7. The highest BCUT2D eigenvalue weighted by Crippen LogP contribution is 2.34. The molecule has 0 aromatic heterocycles. The Kier molecular flexibility index (Phi) is 3.69. The van der Waals surface area contributed by atoms with E-state index in [0.29, 0.717) is 18.9 Å². The number of carbonyl (C=O) groups is 2. The first-order chi connectivity index (χ1) is 8.11. The van der Waals surface area contributed by atoms with Crippen molar-refractivity contribution in [2.24, 2.45) is 11.8 Å². The van der Waals surface area contributed by atoms with E-state index >= 15 is 0 Å². The Balaban J connectivity index is 2.08. The average molecular weight is 239 g/mol. The number of hydrogen-bond donors (Lipinski definition) is 1. The number of piperidine rings is 1. The zero-order valence-electron chi connectivity index (χ0n) is 10.4. The largest absolute Gasteiger partial charge is 0.480 e. The zero-order chi connectivity index (χ0) is 12.4. The van der Waals surface area contributed by atoms with E-state index in [1.54, 1.807) is 4.90 Å². The topological polar surface area (TPSA) is 57.6 Å². The molecule has 2 fully saturated rings. The molecule has 4 nitrogen and oxygen atoms in total. The van der Waals surface area contributed by atoms with Crippen LogP contribution in [0.15, 0.2) is 0 Å². The fourth-order valence-electron chi connectivity index (χ4n) is 3.18. The van der Waals surface area contributed by atoms with Crippen LogP contribution in [0.4, 0.5) is 0 Å². The van der Waals surface area contributed by atoms with Crippen LogP contribution in [-0.4, -0.2) is 34.5 Å². The van der Waals surface area contributed by atoms with E-state index in [9.17, 15) is 14.7 Å². The number of hydrogen-bond acceptors (Lipinski definition) is 2. The Morgan fingerprint density at radius 2 is 1.88 bits per heavy atom. The van der Waals surface area contributed by atoms with Gasteiger partial charge in [-0.15, -0.1) is 0 Å². The van der Waals surface area contributed by atoms with Gasteiger partial charge in [0.2, 0.25) is 5.91 Å². The van der Waals surface area contributed by atoms with Gasteiger partial charge in [0.1, 0.15) is 6.04 Å². The highest BCUT2D eigenvalue weighted by atomic mass is 16.4. The number of aliphatic carboxylic acids is 1. The molecule has 0 spiro atoms. The number of carboxylic acid groups (broad SMARTS) is 1. The van der Waals surface area contributed by atoms with E-state index in [2.05, 4.69) is 6.92 Å². The summed E-state index contributed by atoms with van der Waals surface area (Å²) in [7, 11) is 0. The third kappa shape index (κ3) is 2.45. The predicted molar refractivity (Wildman–Crippen MR) is 63.5 cm³/mol. The van der Waals surface area contributed by atoms with E-state index < -0.39 is 12.0 Å². The minimum Gasteiger partial charge on any atom is -0.480 e. The van der Waals surface area contributed by atoms with Crippen molar-refractivity contribution in [2.75, 3.05) is 6.54 Å². The van der Waals surface area contributed by atoms with Gasteiger partial charge < -0.3 is 10.0 Å². The van der Waals surface area contributed by atoms with Gasteiger partial charge in [0, 0.05) is 12.5 Å². The Bertz CT molecular complexity index is 316. The minimum atomic E-state index is -0.844. The summed E-state index contributed by atoms with van der Waals surface area (Å²) in [5, 5.41) is 9.17. The van der Waals surface area contributed by atoms with Crippen molar-refractivity contribution >= 4 is 11.9 Å². The maximum atomic E-state index is 12.4. The fraction of sp³-hybridized carbons (Fsp3) is 0.846. The van der Waals surface area contributed by atoms with Crippen molar-refractivity contribution in [1.29, 1.82) is 0 Å². The molecule has 0 aromatic carbocycles. The van der Waals surface area contributed by atoms with Crippen molar-refractivity contribution in [1.82, 2.24) is 4.90 Å². The highest BCUT2D eigenvalue weighted by molar-refractivity contribution is 5.85. The summed E-state index contributed by atoms with van der Waals surface area (Å²) in [6.45, 7) is 2.73. The number of amides is 1. The number of rotatable bonds is 2. The summed E-state index contributed by atoms with van der Waals surface area (Å²) >= 11 is 0. The van der Waals surface area contributed by atoms with Crippen LogP contribution >= 0.6 is 0 Å². The standard InChI is InChI=1S/C13H21NO3/c1-9-5-4-6-10(9)12(15)14-8-3-2-7-11(14)13(16)17/h9-11H,2-8H2,1H3,(H,16,17). The van der Waals surface area contributed by atoms with Crippen LogP contribution in [0.1, 0.15) is 45.4 Å². The van der Waals surface area contributed by atoms with Gasteiger partial charge >= 0.3 is 5.97 Å². The lowest BCUT2D eigenvalue weighted by molar-refractivity contribution is -0.154. The van der Waals surface area contributed by atoms with Crippen molar-refractivity contribution in [3.63, 3.8) is 0 Å². The van der Waals surface area contributed by atoms with Gasteiger partial charge in [-0.25, -0.2) is 4.79 Å². The van der Waals surface area contributed by atoms with Crippen LogP contribution in [0, 0.1) is 11.8 Å². The van der Waals surface area contributed by atoms with Gasteiger partial charge in [-0.05, 0) is 38.0 Å². The number of nitrogens with zero attached hydrogens (tertiary/aromatic N) is 1. The van der Waals surface area contributed by atoms with Gasteiger partial charge in [0.15, 0.2) is 0 Å². The molecule has 3 unspecified atom stereocenters. The Morgan fingerprint density at radius 3 is 2.47 bits per heavy atom.